The second-order valence-electron chi connectivity index (χ2n) is 29.0. The maximum atomic E-state index is 13.4. The van der Waals surface area contributed by atoms with Crippen molar-refractivity contribution in [2.75, 3.05) is 98.2 Å². The van der Waals surface area contributed by atoms with Crippen LogP contribution in [0.3, 0.4) is 0 Å². The summed E-state index contributed by atoms with van der Waals surface area (Å²) < 4.78 is 0. The van der Waals surface area contributed by atoms with Crippen LogP contribution in [0.15, 0.2) is 0 Å². The van der Waals surface area contributed by atoms with Crippen LogP contribution < -0.4 is 26.6 Å². The number of ketones is 1. The van der Waals surface area contributed by atoms with Gasteiger partial charge >= 0.3 is 0 Å². The van der Waals surface area contributed by atoms with E-state index < -0.39 is 0 Å². The Bertz CT molecular complexity index is 1680. The first-order valence-corrected chi connectivity index (χ1v) is 42.1. The number of nitrogens with zero attached hydrogens (tertiary/aromatic N) is 3. The Morgan fingerprint density at radius 1 is 0.219 bits per heavy atom. The van der Waals surface area contributed by atoms with E-state index in [0.717, 1.165) is 64.2 Å². The molecule has 0 saturated heterocycles. The minimum absolute atomic E-state index is 0.0519. The molecule has 566 valence electrons. The molecular weight excluding hydrogens is 1190 g/mol. The smallest absolute Gasteiger partial charge is 0.221 e. The largest absolute Gasteiger partial charge is 0.356 e. The number of amides is 4. The lowest BCUT2D eigenvalue weighted by atomic mass is 10.0. The standard InChI is InChI=1S/C82H163N9O5/c1-6-11-16-21-26-31-36-41-46-51-56-77(83)78(92)57-68-89(69-58-79(93)85-62-52-47-42-37-32-27-22-17-12-7-2)73-66-84-67-74-91(72-61-82(96)88-65-55-50-45-40-35-30-25-20-15-10-5)76-75-90(70-59-80(94)86-63-53-48-43-38-33-28-23-18-13-8-3)71-60-81(95)87-64-54-49-44-39-34-29-24-19-14-9-4/h83-84H,6-76H2,1-5H3,(H,85,93)(H,86,94)(H,87,95)(H,88,96). The van der Waals surface area contributed by atoms with Crippen molar-refractivity contribution in [1.82, 2.24) is 41.3 Å². The van der Waals surface area contributed by atoms with Crippen LogP contribution in [-0.2, 0) is 24.0 Å². The lowest BCUT2D eigenvalue weighted by molar-refractivity contribution is -0.123. The highest BCUT2D eigenvalue weighted by Crippen LogP contribution is 2.16. The lowest BCUT2D eigenvalue weighted by Gasteiger charge is -2.28. The van der Waals surface area contributed by atoms with Gasteiger partial charge in [-0.1, -0.05) is 324 Å². The van der Waals surface area contributed by atoms with Gasteiger partial charge in [-0.25, -0.2) is 0 Å². The van der Waals surface area contributed by atoms with Gasteiger partial charge in [0.25, 0.3) is 0 Å². The SMILES string of the molecule is CCCCCCCCCCCCNC(=O)CCN(CCNCCN(CCC(=O)NCCCCCCCCCCCC)CCN(CCC(=O)NCCCCCCCCCCCC)CCC(=O)NCCCCCCCCCCCC)CCC(=O)C(=N)CCCCCCCCCCCC. The van der Waals surface area contributed by atoms with Gasteiger partial charge in [0.15, 0.2) is 5.78 Å². The predicted molar refractivity (Wildman–Crippen MR) is 414 cm³/mol. The number of hydrogen-bond acceptors (Lipinski definition) is 10. The fourth-order valence-corrected chi connectivity index (χ4v) is 13.0. The third-order valence-electron chi connectivity index (χ3n) is 19.7. The van der Waals surface area contributed by atoms with Crippen molar-refractivity contribution in [1.29, 1.82) is 5.41 Å². The van der Waals surface area contributed by atoms with E-state index in [-0.39, 0.29) is 41.5 Å². The molecule has 0 unspecified atom stereocenters. The van der Waals surface area contributed by atoms with Gasteiger partial charge in [0.2, 0.25) is 23.6 Å². The molecule has 0 aliphatic heterocycles. The quantitative estimate of drug-likeness (QED) is 0.0255. The number of rotatable bonds is 80. The predicted octanol–water partition coefficient (Wildman–Crippen LogP) is 19.5. The molecule has 0 aliphatic rings. The minimum atomic E-state index is -0.0820. The maximum absolute atomic E-state index is 13.4. The van der Waals surface area contributed by atoms with Gasteiger partial charge in [0.05, 0.1) is 5.71 Å². The summed E-state index contributed by atoms with van der Waals surface area (Å²) in [6.45, 7) is 21.0. The highest BCUT2D eigenvalue weighted by atomic mass is 16.2. The van der Waals surface area contributed by atoms with Crippen molar-refractivity contribution in [2.24, 2.45) is 0 Å². The zero-order valence-corrected chi connectivity index (χ0v) is 64.6. The summed E-state index contributed by atoms with van der Waals surface area (Å²) in [6, 6.07) is 0. The monoisotopic (exact) mass is 1350 g/mol. The van der Waals surface area contributed by atoms with Gasteiger partial charge in [-0.2, -0.15) is 0 Å². The molecule has 14 nitrogen and oxygen atoms in total. The van der Waals surface area contributed by atoms with Crippen molar-refractivity contribution in [2.45, 2.75) is 394 Å². The molecule has 0 heterocycles. The molecule has 0 saturated carbocycles. The summed E-state index contributed by atoms with van der Waals surface area (Å²) in [4.78, 5) is 73.5. The number of nitrogens with one attached hydrogen (secondary N) is 6. The van der Waals surface area contributed by atoms with Crippen LogP contribution in [-0.4, -0.2) is 148 Å². The van der Waals surface area contributed by atoms with Gasteiger partial charge in [0.1, 0.15) is 0 Å². The molecule has 0 rings (SSSR count). The summed E-state index contributed by atoms with van der Waals surface area (Å²) in [5.74, 6) is 0.172. The highest BCUT2D eigenvalue weighted by molar-refractivity contribution is 6.38. The fraction of sp³-hybridized carbons (Fsp3) is 0.927. The lowest BCUT2D eigenvalue weighted by Crippen LogP contribution is -2.43. The Morgan fingerprint density at radius 3 is 0.667 bits per heavy atom. The molecule has 0 aliphatic carbocycles. The van der Waals surface area contributed by atoms with Gasteiger partial charge in [-0.3, -0.25) is 24.0 Å². The Morgan fingerprint density at radius 2 is 0.417 bits per heavy atom. The number of carbonyl (C=O) groups is 5. The van der Waals surface area contributed by atoms with Crippen LogP contribution in [0.5, 0.6) is 0 Å². The maximum Gasteiger partial charge on any atom is 0.221 e. The minimum Gasteiger partial charge on any atom is -0.356 e. The summed E-state index contributed by atoms with van der Waals surface area (Å²) in [5.41, 5.74) is 0.235. The molecule has 4 amide bonds. The third-order valence-corrected chi connectivity index (χ3v) is 19.7. The third kappa shape index (κ3) is 69.5. The van der Waals surface area contributed by atoms with E-state index in [1.807, 2.05) is 0 Å². The first-order valence-electron chi connectivity index (χ1n) is 42.1. The number of Topliss-reactive ketones (excluding diaryl/α,β-unsaturated/α-hetero) is 1. The molecule has 0 bridgehead atoms. The Kier molecular flexibility index (Phi) is 73.9. The molecule has 0 spiro atoms. The second-order valence-corrected chi connectivity index (χ2v) is 29.0. The molecule has 0 radical (unpaired) electrons. The molecule has 96 heavy (non-hydrogen) atoms. The number of unbranched alkanes of at least 4 members (excludes halogenated alkanes) is 45. The first kappa shape index (κ1) is 93.1. The first-order chi connectivity index (χ1) is 47.1. The Labute approximate surface area is 595 Å². The average Bonchev–Trinajstić information content (AvgIpc) is 3.37. The molecule has 6 N–H and O–H groups in total. The van der Waals surface area contributed by atoms with Crippen LogP contribution in [0.1, 0.15) is 394 Å². The molecule has 0 aromatic carbocycles. The van der Waals surface area contributed by atoms with Crippen LogP contribution in [0.25, 0.3) is 0 Å². The van der Waals surface area contributed by atoms with Crippen molar-refractivity contribution >= 4 is 35.1 Å². The van der Waals surface area contributed by atoms with Gasteiger partial charge < -0.3 is 46.7 Å². The van der Waals surface area contributed by atoms with Crippen LogP contribution in [0.2, 0.25) is 0 Å². The molecular formula is C82H163N9O5. The van der Waals surface area contributed by atoms with E-state index in [9.17, 15) is 24.0 Å². The van der Waals surface area contributed by atoms with Crippen molar-refractivity contribution in [3.63, 3.8) is 0 Å². The molecule has 0 fully saturated rings. The average molecular weight is 1360 g/mol. The van der Waals surface area contributed by atoms with Gasteiger partial charge in [0, 0.05) is 130 Å². The summed E-state index contributed by atoms with van der Waals surface area (Å²) in [6.07, 6.45) is 64.9. The van der Waals surface area contributed by atoms with E-state index in [4.69, 9.17) is 5.41 Å². The second kappa shape index (κ2) is 76.2. The van der Waals surface area contributed by atoms with E-state index in [1.165, 1.54) is 257 Å². The Balaban J connectivity index is 5.91. The van der Waals surface area contributed by atoms with E-state index >= 15 is 0 Å². The normalized spacial score (nSPS) is 11.6. The van der Waals surface area contributed by atoms with Crippen molar-refractivity contribution in [3.05, 3.63) is 0 Å². The van der Waals surface area contributed by atoms with E-state index in [2.05, 4.69) is 75.9 Å². The van der Waals surface area contributed by atoms with Crippen molar-refractivity contribution < 1.29 is 24.0 Å². The Hall–Kier alpha value is -2.94. The summed E-state index contributed by atoms with van der Waals surface area (Å²) in [7, 11) is 0. The highest BCUT2D eigenvalue weighted by Gasteiger charge is 2.17. The summed E-state index contributed by atoms with van der Waals surface area (Å²) in [5, 5.41) is 25.1. The zero-order chi connectivity index (χ0) is 69.9. The van der Waals surface area contributed by atoms with E-state index in [1.54, 1.807) is 0 Å². The van der Waals surface area contributed by atoms with Crippen molar-refractivity contribution in [3.8, 4) is 0 Å². The summed E-state index contributed by atoms with van der Waals surface area (Å²) >= 11 is 0. The van der Waals surface area contributed by atoms with Crippen LogP contribution in [0, 0.1) is 5.41 Å². The van der Waals surface area contributed by atoms with E-state index in [0.29, 0.717) is 130 Å². The van der Waals surface area contributed by atoms with Crippen LogP contribution in [0.4, 0.5) is 0 Å². The number of carbonyl (C=O) groups excluding carboxylic acids is 5. The number of hydrogen-bond donors (Lipinski definition) is 6. The molecule has 14 heteroatoms. The fourth-order valence-electron chi connectivity index (χ4n) is 13.0. The molecule has 0 aromatic heterocycles. The van der Waals surface area contributed by atoms with Gasteiger partial charge in [-0.15, -0.1) is 0 Å². The molecule has 0 atom stereocenters. The van der Waals surface area contributed by atoms with Crippen LogP contribution >= 0.6 is 0 Å². The topological polar surface area (TPSA) is 179 Å². The zero-order valence-electron chi connectivity index (χ0n) is 64.6. The van der Waals surface area contributed by atoms with Gasteiger partial charge in [-0.05, 0) is 38.5 Å². The molecule has 0 aromatic rings.